The van der Waals surface area contributed by atoms with Crippen molar-refractivity contribution in [2.45, 2.75) is 25.7 Å². The van der Waals surface area contributed by atoms with Gasteiger partial charge in [-0.2, -0.15) is 0 Å². The number of rotatable bonds is 4. The molecule has 1 N–H and O–H groups in total. The van der Waals surface area contributed by atoms with Gasteiger partial charge >= 0.3 is 5.97 Å². The van der Waals surface area contributed by atoms with Crippen molar-refractivity contribution in [3.63, 3.8) is 0 Å². The third-order valence-corrected chi connectivity index (χ3v) is 4.37. The molecule has 3 rings (SSSR count). The largest absolute Gasteiger partial charge is 0.481 e. The van der Waals surface area contributed by atoms with Crippen molar-refractivity contribution in [1.82, 2.24) is 0 Å². The Bertz CT molecular complexity index is 594. The molecule has 0 bridgehead atoms. The van der Waals surface area contributed by atoms with Crippen LogP contribution in [0.3, 0.4) is 0 Å². The van der Waals surface area contributed by atoms with E-state index in [1.807, 2.05) is 0 Å². The van der Waals surface area contributed by atoms with E-state index in [0.29, 0.717) is 30.0 Å². The Hall–Kier alpha value is -2.24. The highest BCUT2D eigenvalue weighted by Gasteiger charge is 2.46. The molecule has 1 aromatic carbocycles. The lowest BCUT2D eigenvalue weighted by Gasteiger charge is -2.38. The number of aliphatic carboxylic acids is 1. The summed E-state index contributed by atoms with van der Waals surface area (Å²) in [6.07, 6.45) is 2.05. The number of hydrogen-bond donors (Lipinski definition) is 1. The minimum atomic E-state index is -0.874. The maximum Gasteiger partial charge on any atom is 0.310 e. The Morgan fingerprint density at radius 1 is 1.29 bits per heavy atom. The monoisotopic (exact) mass is 291 g/mol. The molecule has 6 heteroatoms. The zero-order chi connectivity index (χ0) is 15.0. The average Bonchev–Trinajstić information content (AvgIpc) is 2.88. The molecule has 1 aliphatic carbocycles. The molecule has 1 aliphatic heterocycles. The van der Waals surface area contributed by atoms with Crippen molar-refractivity contribution in [2.24, 2.45) is 5.41 Å². The summed E-state index contributed by atoms with van der Waals surface area (Å²) in [5, 5.41) is 9.30. The standard InChI is InChI=1S/C15H17NO5/c1-16(10-3-4-11-12(7-10)21-9-20-11)13(17)8-15(14(18)19)5-2-6-15/h3-4,7H,2,5-6,8-9H2,1H3,(H,18,19). The van der Waals surface area contributed by atoms with Crippen LogP contribution in [0.2, 0.25) is 0 Å². The Morgan fingerprint density at radius 2 is 2.00 bits per heavy atom. The molecular formula is C15H17NO5. The van der Waals surface area contributed by atoms with E-state index >= 15 is 0 Å². The number of carbonyl (C=O) groups is 2. The number of anilines is 1. The van der Waals surface area contributed by atoms with Gasteiger partial charge < -0.3 is 19.5 Å². The molecule has 2 aliphatic rings. The maximum atomic E-state index is 12.3. The molecule has 0 spiro atoms. The molecule has 1 fully saturated rings. The fourth-order valence-corrected chi connectivity index (χ4v) is 2.72. The summed E-state index contributed by atoms with van der Waals surface area (Å²) in [5.74, 6) is 0.182. The number of ether oxygens (including phenoxy) is 2. The average molecular weight is 291 g/mol. The number of carboxylic acids is 1. The molecular weight excluding hydrogens is 274 g/mol. The van der Waals surface area contributed by atoms with E-state index in [0.717, 1.165) is 6.42 Å². The first-order chi connectivity index (χ1) is 10.0. The normalized spacial score (nSPS) is 18.0. The number of fused-ring (bicyclic) bond motifs is 1. The third-order valence-electron chi connectivity index (χ3n) is 4.37. The van der Waals surface area contributed by atoms with Crippen LogP contribution < -0.4 is 14.4 Å². The minimum Gasteiger partial charge on any atom is -0.481 e. The fraction of sp³-hybridized carbons (Fsp3) is 0.467. The zero-order valence-electron chi connectivity index (χ0n) is 11.8. The van der Waals surface area contributed by atoms with Crippen molar-refractivity contribution < 1.29 is 24.2 Å². The first-order valence-corrected chi connectivity index (χ1v) is 6.91. The summed E-state index contributed by atoms with van der Waals surface area (Å²) >= 11 is 0. The second-order valence-corrected chi connectivity index (χ2v) is 5.61. The number of benzene rings is 1. The minimum absolute atomic E-state index is 0.0350. The van der Waals surface area contributed by atoms with Crippen LogP contribution in [0.25, 0.3) is 0 Å². The summed E-state index contributed by atoms with van der Waals surface area (Å²) in [6, 6.07) is 5.24. The Balaban J connectivity index is 1.74. The maximum absolute atomic E-state index is 12.3. The summed E-state index contributed by atoms with van der Waals surface area (Å²) < 4.78 is 10.5. The molecule has 1 saturated carbocycles. The van der Waals surface area contributed by atoms with Gasteiger partial charge in [0.2, 0.25) is 12.7 Å². The van der Waals surface area contributed by atoms with Gasteiger partial charge in [0, 0.05) is 25.2 Å². The van der Waals surface area contributed by atoms with Gasteiger partial charge in [0.25, 0.3) is 0 Å². The van der Waals surface area contributed by atoms with Gasteiger partial charge in [0.05, 0.1) is 5.41 Å². The van der Waals surface area contributed by atoms with Crippen LogP contribution in [0.15, 0.2) is 18.2 Å². The molecule has 0 atom stereocenters. The predicted octanol–water partition coefficient (Wildman–Crippen LogP) is 2.02. The molecule has 1 heterocycles. The lowest BCUT2D eigenvalue weighted by Crippen LogP contribution is -2.43. The molecule has 112 valence electrons. The van der Waals surface area contributed by atoms with Crippen molar-refractivity contribution in [3.05, 3.63) is 18.2 Å². The molecule has 0 unspecified atom stereocenters. The fourth-order valence-electron chi connectivity index (χ4n) is 2.72. The molecule has 1 amide bonds. The van der Waals surface area contributed by atoms with E-state index < -0.39 is 11.4 Å². The number of carbonyl (C=O) groups excluding carboxylic acids is 1. The summed E-state index contributed by atoms with van der Waals surface area (Å²) in [4.78, 5) is 25.2. The molecule has 6 nitrogen and oxygen atoms in total. The van der Waals surface area contributed by atoms with Gasteiger partial charge in [-0.1, -0.05) is 6.42 Å². The SMILES string of the molecule is CN(C(=O)CC1(C(=O)O)CCC1)c1ccc2c(c1)OCO2. The van der Waals surface area contributed by atoms with Crippen LogP contribution >= 0.6 is 0 Å². The highest BCUT2D eigenvalue weighted by Crippen LogP contribution is 2.45. The second kappa shape index (κ2) is 4.95. The lowest BCUT2D eigenvalue weighted by molar-refractivity contribution is -0.157. The molecule has 21 heavy (non-hydrogen) atoms. The lowest BCUT2D eigenvalue weighted by atomic mass is 9.66. The van der Waals surface area contributed by atoms with Gasteiger partial charge in [-0.3, -0.25) is 9.59 Å². The van der Waals surface area contributed by atoms with Crippen molar-refractivity contribution in [1.29, 1.82) is 0 Å². The van der Waals surface area contributed by atoms with Crippen molar-refractivity contribution >= 4 is 17.6 Å². The van der Waals surface area contributed by atoms with Crippen LogP contribution in [0.4, 0.5) is 5.69 Å². The van der Waals surface area contributed by atoms with Gasteiger partial charge in [-0.15, -0.1) is 0 Å². The van der Waals surface area contributed by atoms with Gasteiger partial charge in [0.15, 0.2) is 11.5 Å². The highest BCUT2D eigenvalue weighted by atomic mass is 16.7. The molecule has 0 saturated heterocycles. The van der Waals surface area contributed by atoms with Crippen LogP contribution in [0.5, 0.6) is 11.5 Å². The van der Waals surface area contributed by atoms with Crippen LogP contribution in [-0.4, -0.2) is 30.8 Å². The third kappa shape index (κ3) is 2.30. The van der Waals surface area contributed by atoms with Crippen LogP contribution in [0, 0.1) is 5.41 Å². The topological polar surface area (TPSA) is 76.1 Å². The quantitative estimate of drug-likeness (QED) is 0.918. The first kappa shape index (κ1) is 13.7. The number of carboxylic acid groups (broad SMARTS) is 1. The van der Waals surface area contributed by atoms with Crippen molar-refractivity contribution in [2.75, 3.05) is 18.7 Å². The number of nitrogens with zero attached hydrogens (tertiary/aromatic N) is 1. The highest BCUT2D eigenvalue weighted by molar-refractivity contribution is 5.96. The Morgan fingerprint density at radius 3 is 2.62 bits per heavy atom. The number of hydrogen-bond acceptors (Lipinski definition) is 4. The van der Waals surface area contributed by atoms with Crippen LogP contribution in [-0.2, 0) is 9.59 Å². The summed E-state index contributed by atoms with van der Waals surface area (Å²) in [5.41, 5.74) is -0.203. The van der Waals surface area contributed by atoms with Gasteiger partial charge in [-0.25, -0.2) is 0 Å². The van der Waals surface area contributed by atoms with E-state index in [1.54, 1.807) is 25.2 Å². The van der Waals surface area contributed by atoms with E-state index in [1.165, 1.54) is 4.90 Å². The van der Waals surface area contributed by atoms with E-state index in [9.17, 15) is 14.7 Å². The van der Waals surface area contributed by atoms with Gasteiger partial charge in [-0.05, 0) is 25.0 Å². The Kier molecular flexibility index (Phi) is 3.23. The zero-order valence-corrected chi connectivity index (χ0v) is 11.8. The summed E-state index contributed by atoms with van der Waals surface area (Å²) in [7, 11) is 1.65. The van der Waals surface area contributed by atoms with E-state index in [4.69, 9.17) is 9.47 Å². The Labute approximate surface area is 122 Å². The molecule has 0 radical (unpaired) electrons. The van der Waals surface area contributed by atoms with Crippen molar-refractivity contribution in [3.8, 4) is 11.5 Å². The predicted molar refractivity (Wildman–Crippen MR) is 74.5 cm³/mol. The van der Waals surface area contributed by atoms with E-state index in [2.05, 4.69) is 0 Å². The number of amides is 1. The van der Waals surface area contributed by atoms with Crippen LogP contribution in [0.1, 0.15) is 25.7 Å². The molecule has 0 aromatic heterocycles. The first-order valence-electron chi connectivity index (χ1n) is 6.91. The van der Waals surface area contributed by atoms with E-state index in [-0.39, 0.29) is 19.1 Å². The smallest absolute Gasteiger partial charge is 0.310 e. The second-order valence-electron chi connectivity index (χ2n) is 5.61. The molecule has 1 aromatic rings. The van der Waals surface area contributed by atoms with Gasteiger partial charge in [0.1, 0.15) is 0 Å². The summed E-state index contributed by atoms with van der Waals surface area (Å²) in [6.45, 7) is 0.179.